The fourth-order valence-corrected chi connectivity index (χ4v) is 1.25. The van der Waals surface area contributed by atoms with Gasteiger partial charge in [0, 0.05) is 0 Å². The highest BCUT2D eigenvalue weighted by molar-refractivity contribution is 5.54. The molecule has 0 amide bonds. The van der Waals surface area contributed by atoms with Crippen molar-refractivity contribution in [3.05, 3.63) is 0 Å². The van der Waals surface area contributed by atoms with Gasteiger partial charge >= 0.3 is 54.6 Å². The van der Waals surface area contributed by atoms with E-state index in [9.17, 15) is 74.6 Å². The number of rotatable bonds is 10. The fourth-order valence-electron chi connectivity index (χ4n) is 1.25. The maximum atomic E-state index is 12.9. The second kappa shape index (κ2) is 9.80. The van der Waals surface area contributed by atoms with Crippen LogP contribution in [-0.2, 0) is 4.74 Å². The van der Waals surface area contributed by atoms with Crippen molar-refractivity contribution < 1.29 is 89.3 Å². The highest BCUT2D eigenvalue weighted by Gasteiger charge is 2.77. The number of alkyl halides is 16. The van der Waals surface area contributed by atoms with Gasteiger partial charge in [-0.15, -0.1) is 4.39 Å². The largest absolute Gasteiger partial charge is 0.492 e. The molecule has 31 heavy (non-hydrogen) atoms. The smallest absolute Gasteiger partial charge is 0.456 e. The summed E-state index contributed by atoms with van der Waals surface area (Å²) in [5.41, 5.74) is 0. The third-order valence-corrected chi connectivity index (χ3v) is 2.87. The molecular weight excluding hydrogens is 503 g/mol. The molecule has 0 aromatic heterocycles. The second-order valence-electron chi connectivity index (χ2n) is 5.15. The lowest BCUT2D eigenvalue weighted by Crippen LogP contribution is -2.61. The van der Waals surface area contributed by atoms with E-state index in [0.29, 0.717) is 0 Å². The van der Waals surface area contributed by atoms with Crippen molar-refractivity contribution in [2.75, 3.05) is 13.2 Å². The SMILES string of the molecule is FC(F)C(F)(F)C(F)(F)C(F)(F)COCC(F)(F)C(F)(F)C(F)(F)C(F)F.O=C(O)F. The molecule has 0 bridgehead atoms. The van der Waals surface area contributed by atoms with E-state index in [4.69, 9.17) is 9.90 Å². The van der Waals surface area contributed by atoms with E-state index in [-0.39, 0.29) is 0 Å². The molecule has 0 radical (unpaired) electrons. The first-order chi connectivity index (χ1) is 13.3. The Hall–Kier alpha value is -1.76. The van der Waals surface area contributed by atoms with Crippen molar-refractivity contribution in [1.29, 1.82) is 0 Å². The Balaban J connectivity index is 0. The molecule has 0 spiro atoms. The normalized spacial score (nSPS) is 14.5. The van der Waals surface area contributed by atoms with E-state index < -0.39 is 67.8 Å². The molecule has 0 unspecified atom stereocenters. The zero-order valence-corrected chi connectivity index (χ0v) is 13.8. The van der Waals surface area contributed by atoms with Gasteiger partial charge in [0.05, 0.1) is 0 Å². The highest BCUT2D eigenvalue weighted by atomic mass is 19.4. The number of carboxylic acid groups (broad SMARTS) is 1. The first kappa shape index (κ1) is 31.4. The van der Waals surface area contributed by atoms with Crippen LogP contribution < -0.4 is 0 Å². The molecule has 3 nitrogen and oxygen atoms in total. The molecule has 0 aromatic carbocycles. The van der Waals surface area contributed by atoms with Crippen LogP contribution in [0.5, 0.6) is 0 Å². The predicted molar refractivity (Wildman–Crippen MR) is 61.6 cm³/mol. The summed E-state index contributed by atoms with van der Waals surface area (Å²) in [5, 5.41) is 6.75. The summed E-state index contributed by atoms with van der Waals surface area (Å²) in [4.78, 5) is 8.33. The van der Waals surface area contributed by atoms with Crippen LogP contribution in [0.4, 0.5) is 79.4 Å². The molecule has 0 saturated heterocycles. The molecule has 0 aromatic rings. The topological polar surface area (TPSA) is 46.5 Å². The zero-order valence-electron chi connectivity index (χ0n) is 13.8. The second-order valence-corrected chi connectivity index (χ2v) is 5.15. The quantitative estimate of drug-likeness (QED) is 0.291. The monoisotopic (exact) mass is 510 g/mol. The number of ether oxygens (including phenoxy) is 1. The van der Waals surface area contributed by atoms with Gasteiger partial charge in [0.1, 0.15) is 13.2 Å². The lowest BCUT2D eigenvalue weighted by atomic mass is 10.0. The van der Waals surface area contributed by atoms with Crippen LogP contribution in [0.2, 0.25) is 0 Å². The van der Waals surface area contributed by atoms with Crippen molar-refractivity contribution in [1.82, 2.24) is 0 Å². The Kier molecular flexibility index (Phi) is 9.94. The summed E-state index contributed by atoms with van der Waals surface area (Å²) in [5.74, 6) is -40.1. The van der Waals surface area contributed by atoms with Gasteiger partial charge in [-0.05, 0) is 0 Å². The standard InChI is InChI=1S/C10H6F16O.CHFO2/c11-3(12)7(19,20)9(23,24)5(15,16)1-27-2-6(17,18)10(25,26)8(21,22)4(13)14;2-1(3)4/h3-4H,1-2H2;(H,3,4). The van der Waals surface area contributed by atoms with E-state index >= 15 is 0 Å². The first-order valence-electron chi connectivity index (χ1n) is 6.62. The van der Waals surface area contributed by atoms with E-state index in [2.05, 4.69) is 4.74 Å². The van der Waals surface area contributed by atoms with Crippen LogP contribution in [0.1, 0.15) is 0 Å². The molecule has 0 rings (SSSR count). The molecule has 0 fully saturated rings. The van der Waals surface area contributed by atoms with Gasteiger partial charge in [0.15, 0.2) is 0 Å². The summed E-state index contributed by atoms with van der Waals surface area (Å²) in [7, 11) is 0. The van der Waals surface area contributed by atoms with Crippen LogP contribution in [-0.4, -0.2) is 72.9 Å². The van der Waals surface area contributed by atoms with Crippen LogP contribution in [0, 0.1) is 0 Å². The Bertz CT molecular complexity index is 540. The minimum atomic E-state index is -6.95. The van der Waals surface area contributed by atoms with Gasteiger partial charge in [-0.3, -0.25) is 0 Å². The first-order valence-corrected chi connectivity index (χ1v) is 6.62. The molecule has 0 aliphatic rings. The minimum absolute atomic E-state index is 2.33. The van der Waals surface area contributed by atoms with Crippen LogP contribution in [0.3, 0.4) is 0 Å². The Morgan fingerprint density at radius 2 is 0.839 bits per heavy atom. The van der Waals surface area contributed by atoms with Crippen molar-refractivity contribution in [3.8, 4) is 0 Å². The number of halogens is 17. The third-order valence-electron chi connectivity index (χ3n) is 2.87. The van der Waals surface area contributed by atoms with Crippen molar-refractivity contribution in [3.63, 3.8) is 0 Å². The maximum absolute atomic E-state index is 12.9. The molecule has 0 heterocycles. The highest BCUT2D eigenvalue weighted by Crippen LogP contribution is 2.50. The van der Waals surface area contributed by atoms with E-state index in [0.717, 1.165) is 0 Å². The van der Waals surface area contributed by atoms with Gasteiger partial charge in [-0.2, -0.15) is 52.7 Å². The molecule has 0 aliphatic carbocycles. The zero-order chi connectivity index (χ0) is 25.9. The molecule has 1 N–H and O–H groups in total. The van der Waals surface area contributed by atoms with Crippen LogP contribution in [0.25, 0.3) is 0 Å². The van der Waals surface area contributed by atoms with Gasteiger partial charge in [0.2, 0.25) is 0 Å². The van der Waals surface area contributed by atoms with Gasteiger partial charge in [-0.25, -0.2) is 22.4 Å². The summed E-state index contributed by atoms with van der Waals surface area (Å²) in [6, 6.07) is 0. The molecule has 0 saturated carbocycles. The summed E-state index contributed by atoms with van der Waals surface area (Å²) in [6.45, 7) is -6.68. The van der Waals surface area contributed by atoms with Gasteiger partial charge < -0.3 is 9.84 Å². The Labute approximate surface area is 158 Å². The average Bonchev–Trinajstić information content (AvgIpc) is 2.52. The summed E-state index contributed by atoms with van der Waals surface area (Å²) < 4.78 is 212. The van der Waals surface area contributed by atoms with Crippen molar-refractivity contribution in [2.45, 2.75) is 48.4 Å². The average molecular weight is 510 g/mol. The molecule has 0 aliphatic heterocycles. The number of hydrogen-bond donors (Lipinski definition) is 1. The molecular formula is C11H7F17O3. The summed E-state index contributed by atoms with van der Waals surface area (Å²) >= 11 is 0. The third kappa shape index (κ3) is 6.61. The number of carbonyl (C=O) groups is 1. The minimum Gasteiger partial charge on any atom is -0.456 e. The van der Waals surface area contributed by atoms with Crippen LogP contribution >= 0.6 is 0 Å². The van der Waals surface area contributed by atoms with Crippen molar-refractivity contribution in [2.24, 2.45) is 0 Å². The van der Waals surface area contributed by atoms with Gasteiger partial charge in [0.25, 0.3) is 0 Å². The Morgan fingerprint density at radius 3 is 1.00 bits per heavy atom. The maximum Gasteiger partial charge on any atom is 0.492 e. The van der Waals surface area contributed by atoms with Crippen LogP contribution in [0.15, 0.2) is 0 Å². The molecule has 20 heteroatoms. The molecule has 0 atom stereocenters. The molecule has 188 valence electrons. The summed E-state index contributed by atoms with van der Waals surface area (Å²) in [6.07, 6.45) is -13.1. The van der Waals surface area contributed by atoms with Gasteiger partial charge in [-0.1, -0.05) is 0 Å². The lowest BCUT2D eigenvalue weighted by molar-refractivity contribution is -0.360. The Morgan fingerprint density at radius 1 is 0.645 bits per heavy atom. The van der Waals surface area contributed by atoms with Crippen molar-refractivity contribution >= 4 is 6.22 Å². The van der Waals surface area contributed by atoms with E-state index in [1.54, 1.807) is 0 Å². The fraction of sp³-hybridized carbons (Fsp3) is 0.909. The van der Waals surface area contributed by atoms with E-state index in [1.807, 2.05) is 0 Å². The van der Waals surface area contributed by atoms with E-state index in [1.165, 1.54) is 0 Å². The lowest BCUT2D eigenvalue weighted by Gasteiger charge is -2.34. The predicted octanol–water partition coefficient (Wildman–Crippen LogP) is 5.98. The number of hydrogen-bond acceptors (Lipinski definition) is 2.